The smallest absolute Gasteiger partial charge is 0.164 e. The molecule has 14 aromatic rings. The lowest BCUT2D eigenvalue weighted by Crippen LogP contribution is -2.00. The first-order valence-electron chi connectivity index (χ1n) is 22.2. The van der Waals surface area contributed by atoms with Gasteiger partial charge in [-0.15, -0.1) is 11.3 Å². The Morgan fingerprint density at radius 2 is 0.879 bits per heavy atom. The normalized spacial score (nSPS) is 11.9. The number of hydrogen-bond acceptors (Lipinski definition) is 5. The van der Waals surface area contributed by atoms with Crippen molar-refractivity contribution < 1.29 is 4.42 Å². The summed E-state index contributed by atoms with van der Waals surface area (Å²) in [7, 11) is 0. The molecule has 0 atom stereocenters. The van der Waals surface area contributed by atoms with E-state index in [1.165, 1.54) is 47.3 Å². The maximum Gasteiger partial charge on any atom is 0.164 e. The molecule has 0 aliphatic heterocycles. The van der Waals surface area contributed by atoms with Crippen LogP contribution in [-0.4, -0.2) is 15.0 Å². The van der Waals surface area contributed by atoms with Gasteiger partial charge in [-0.2, -0.15) is 0 Å². The molecular formula is C61H35N3OS. The van der Waals surface area contributed by atoms with Gasteiger partial charge in [-0.1, -0.05) is 176 Å². The minimum Gasteiger partial charge on any atom is -0.455 e. The lowest BCUT2D eigenvalue weighted by atomic mass is 9.92. The molecule has 0 saturated heterocycles. The minimum absolute atomic E-state index is 0.608. The zero-order chi connectivity index (χ0) is 43.3. The average molecular weight is 858 g/mol. The Hall–Kier alpha value is -8.51. The lowest BCUT2D eigenvalue weighted by molar-refractivity contribution is 0.670. The number of thiophene rings is 1. The summed E-state index contributed by atoms with van der Waals surface area (Å²) in [5.41, 5.74) is 8.94. The predicted molar refractivity (Wildman–Crippen MR) is 277 cm³/mol. The Morgan fingerprint density at radius 3 is 1.71 bits per heavy atom. The summed E-state index contributed by atoms with van der Waals surface area (Å²) in [6.45, 7) is 0. The van der Waals surface area contributed by atoms with Crippen molar-refractivity contribution >= 4 is 96.5 Å². The fourth-order valence-corrected chi connectivity index (χ4v) is 11.4. The van der Waals surface area contributed by atoms with E-state index in [-0.39, 0.29) is 0 Å². The second kappa shape index (κ2) is 14.5. The number of fused-ring (bicyclic) bond motifs is 11. The molecule has 4 nitrogen and oxygen atoms in total. The third-order valence-corrected chi connectivity index (χ3v) is 14.5. The van der Waals surface area contributed by atoms with E-state index in [1.807, 2.05) is 11.3 Å². The molecular weight excluding hydrogens is 823 g/mol. The quantitative estimate of drug-likeness (QED) is 0.162. The van der Waals surface area contributed by atoms with Crippen LogP contribution in [0.15, 0.2) is 217 Å². The fraction of sp³-hybridized carbons (Fsp3) is 0. The Kier molecular flexibility index (Phi) is 8.12. The Morgan fingerprint density at radius 1 is 0.318 bits per heavy atom. The highest BCUT2D eigenvalue weighted by atomic mass is 32.1. The zero-order valence-electron chi connectivity index (χ0n) is 35.4. The minimum atomic E-state index is 0.608. The third kappa shape index (κ3) is 5.80. The van der Waals surface area contributed by atoms with E-state index in [9.17, 15) is 0 Å². The molecule has 0 radical (unpaired) electrons. The monoisotopic (exact) mass is 857 g/mol. The summed E-state index contributed by atoms with van der Waals surface area (Å²) >= 11 is 1.84. The summed E-state index contributed by atoms with van der Waals surface area (Å²) in [5, 5.41) is 14.0. The zero-order valence-corrected chi connectivity index (χ0v) is 36.2. The molecule has 0 fully saturated rings. The topological polar surface area (TPSA) is 51.8 Å². The number of rotatable bonds is 5. The van der Waals surface area contributed by atoms with Gasteiger partial charge in [0.05, 0.1) is 0 Å². The summed E-state index contributed by atoms with van der Waals surface area (Å²) < 4.78 is 9.49. The maximum absolute atomic E-state index is 6.94. The van der Waals surface area contributed by atoms with Crippen molar-refractivity contribution in [2.75, 3.05) is 0 Å². The third-order valence-electron chi connectivity index (χ3n) is 13.3. The van der Waals surface area contributed by atoms with E-state index in [0.29, 0.717) is 17.5 Å². The van der Waals surface area contributed by atoms with Crippen LogP contribution in [0.1, 0.15) is 0 Å². The van der Waals surface area contributed by atoms with Crippen LogP contribution in [0.2, 0.25) is 0 Å². The van der Waals surface area contributed by atoms with Crippen LogP contribution < -0.4 is 0 Å². The van der Waals surface area contributed by atoms with Gasteiger partial charge in [0, 0.05) is 58.8 Å². The number of para-hydroxylation sites is 1. The van der Waals surface area contributed by atoms with Crippen LogP contribution in [0, 0.1) is 0 Å². The van der Waals surface area contributed by atoms with Crippen LogP contribution in [0.4, 0.5) is 0 Å². The SMILES string of the molecule is c1ccc2cc(-c3nc(-c4cc(-c5cccc6oc7c(-c8cccc9c8sc8ccccc89)cccc7c56)c5ccccc5c4)nc(-c4ccc5ccc6ccccc6c5c4)n3)ccc2c1. The van der Waals surface area contributed by atoms with Gasteiger partial charge in [0.15, 0.2) is 17.5 Å². The highest BCUT2D eigenvalue weighted by Gasteiger charge is 2.21. The van der Waals surface area contributed by atoms with E-state index in [0.717, 1.165) is 76.9 Å². The first-order valence-corrected chi connectivity index (χ1v) is 23.1. The van der Waals surface area contributed by atoms with Crippen molar-refractivity contribution in [1.82, 2.24) is 15.0 Å². The van der Waals surface area contributed by atoms with Crippen molar-refractivity contribution in [2.24, 2.45) is 0 Å². The van der Waals surface area contributed by atoms with Gasteiger partial charge in [-0.25, -0.2) is 15.0 Å². The number of aromatic nitrogens is 3. The van der Waals surface area contributed by atoms with Crippen LogP contribution in [-0.2, 0) is 0 Å². The number of furan rings is 1. The van der Waals surface area contributed by atoms with Crippen molar-refractivity contribution in [2.45, 2.75) is 0 Å². The molecule has 0 unspecified atom stereocenters. The molecule has 0 amide bonds. The van der Waals surface area contributed by atoms with Crippen LogP contribution >= 0.6 is 11.3 Å². The second-order valence-electron chi connectivity index (χ2n) is 17.1. The van der Waals surface area contributed by atoms with Gasteiger partial charge in [-0.05, 0) is 90.6 Å². The molecule has 0 aliphatic rings. The van der Waals surface area contributed by atoms with Crippen molar-refractivity contribution in [3.05, 3.63) is 212 Å². The Balaban J connectivity index is 0.986. The van der Waals surface area contributed by atoms with Gasteiger partial charge in [-0.3, -0.25) is 0 Å². The van der Waals surface area contributed by atoms with Crippen LogP contribution in [0.5, 0.6) is 0 Å². The Labute approximate surface area is 382 Å². The Bertz CT molecular complexity index is 4320. The van der Waals surface area contributed by atoms with E-state index >= 15 is 0 Å². The van der Waals surface area contributed by atoms with Gasteiger partial charge in [0.1, 0.15) is 11.2 Å². The average Bonchev–Trinajstić information content (AvgIpc) is 3.97. The summed E-state index contributed by atoms with van der Waals surface area (Å²) in [5.74, 6) is 1.85. The van der Waals surface area contributed by atoms with Crippen molar-refractivity contribution in [3.63, 3.8) is 0 Å². The van der Waals surface area contributed by atoms with Gasteiger partial charge >= 0.3 is 0 Å². The molecule has 66 heavy (non-hydrogen) atoms. The molecule has 11 aromatic carbocycles. The molecule has 0 aliphatic carbocycles. The number of benzene rings is 11. The lowest BCUT2D eigenvalue weighted by Gasteiger charge is -2.14. The number of nitrogens with zero attached hydrogens (tertiary/aromatic N) is 3. The highest BCUT2D eigenvalue weighted by Crippen LogP contribution is 2.46. The van der Waals surface area contributed by atoms with Crippen LogP contribution in [0.25, 0.3) is 142 Å². The molecule has 0 bridgehead atoms. The van der Waals surface area contributed by atoms with E-state index in [4.69, 9.17) is 19.4 Å². The van der Waals surface area contributed by atoms with E-state index in [1.54, 1.807) is 0 Å². The molecule has 0 N–H and O–H groups in total. The highest BCUT2D eigenvalue weighted by molar-refractivity contribution is 7.26. The van der Waals surface area contributed by atoms with E-state index in [2.05, 4.69) is 212 Å². The first-order chi connectivity index (χ1) is 32.7. The van der Waals surface area contributed by atoms with Gasteiger partial charge < -0.3 is 4.42 Å². The molecule has 14 rings (SSSR count). The number of hydrogen-bond donors (Lipinski definition) is 0. The molecule has 5 heteroatoms. The standard InChI is InChI=1S/C61H35N3OS/c1-2-14-39-32-41(30-26-36(39)12-1)59-62-60(42-31-29-38-28-27-37-13-3-5-16-44(37)52(38)34-42)64-61(63-59)43-33-40-15-4-6-17-45(40)53(35-43)47-19-11-24-54-56(47)51-23-9-20-48(57(51)65-54)50-22-10-21-49-46-18-7-8-25-55(46)66-58(49)50/h1-35H. The van der Waals surface area contributed by atoms with Crippen LogP contribution in [0.3, 0.4) is 0 Å². The maximum atomic E-state index is 6.94. The predicted octanol–water partition coefficient (Wildman–Crippen LogP) is 17.1. The molecule has 0 spiro atoms. The summed E-state index contributed by atoms with van der Waals surface area (Å²) in [6.07, 6.45) is 0. The van der Waals surface area contributed by atoms with Crippen molar-refractivity contribution in [3.8, 4) is 56.4 Å². The van der Waals surface area contributed by atoms with Gasteiger partial charge in [0.2, 0.25) is 0 Å². The largest absolute Gasteiger partial charge is 0.455 e. The fourth-order valence-electron chi connectivity index (χ4n) is 10.1. The van der Waals surface area contributed by atoms with Gasteiger partial charge in [0.25, 0.3) is 0 Å². The summed E-state index contributed by atoms with van der Waals surface area (Å²) in [4.78, 5) is 15.9. The van der Waals surface area contributed by atoms with Crippen molar-refractivity contribution in [1.29, 1.82) is 0 Å². The molecule has 306 valence electrons. The summed E-state index contributed by atoms with van der Waals surface area (Å²) in [6, 6.07) is 75.7. The second-order valence-corrected chi connectivity index (χ2v) is 18.1. The molecule has 3 aromatic heterocycles. The van der Waals surface area contributed by atoms with E-state index < -0.39 is 0 Å². The first kappa shape index (κ1) is 36.9. The molecule has 3 heterocycles. The molecule has 0 saturated carbocycles.